The molecule has 0 aliphatic carbocycles. The summed E-state index contributed by atoms with van der Waals surface area (Å²) in [6.45, 7) is 0. The molecule has 6 heteroatoms. The number of nitrogen functional groups attached to an aromatic ring is 1. The van der Waals surface area contributed by atoms with Gasteiger partial charge in [-0.1, -0.05) is 0 Å². The molecule has 0 fully saturated rings. The number of nitrogens with zero attached hydrogens (tertiary/aromatic N) is 4. The number of rotatable bonds is 2. The SMILES string of the molecule is COc1cc(N)cc(-c2nnnn2C)c1. The van der Waals surface area contributed by atoms with E-state index in [0.717, 1.165) is 5.56 Å². The van der Waals surface area contributed by atoms with Crippen LogP contribution in [0.2, 0.25) is 0 Å². The van der Waals surface area contributed by atoms with E-state index >= 15 is 0 Å². The standard InChI is InChI=1S/C9H11N5O/c1-14-9(11-12-13-14)6-3-7(10)5-8(4-6)15-2/h3-5H,10H2,1-2H3. The van der Waals surface area contributed by atoms with Gasteiger partial charge in [-0.2, -0.15) is 0 Å². The minimum absolute atomic E-state index is 0.618. The average molecular weight is 205 g/mol. The van der Waals surface area contributed by atoms with Crippen molar-refractivity contribution >= 4 is 5.69 Å². The molecule has 0 spiro atoms. The molecule has 2 aromatic rings. The normalized spacial score (nSPS) is 10.3. The minimum atomic E-state index is 0.618. The molecule has 0 aliphatic rings. The van der Waals surface area contributed by atoms with E-state index < -0.39 is 0 Å². The zero-order chi connectivity index (χ0) is 10.8. The largest absolute Gasteiger partial charge is 0.497 e. The van der Waals surface area contributed by atoms with E-state index in [4.69, 9.17) is 10.5 Å². The number of tetrazole rings is 1. The fourth-order valence-electron chi connectivity index (χ4n) is 1.34. The van der Waals surface area contributed by atoms with Crippen LogP contribution < -0.4 is 10.5 Å². The lowest BCUT2D eigenvalue weighted by molar-refractivity contribution is 0.415. The highest BCUT2D eigenvalue weighted by Crippen LogP contribution is 2.24. The Kier molecular flexibility index (Phi) is 2.24. The van der Waals surface area contributed by atoms with Crippen molar-refractivity contribution in [1.29, 1.82) is 0 Å². The third kappa shape index (κ3) is 1.74. The first-order valence-corrected chi connectivity index (χ1v) is 4.38. The third-order valence-corrected chi connectivity index (χ3v) is 2.04. The second-order valence-corrected chi connectivity index (χ2v) is 3.12. The molecule has 2 rings (SSSR count). The molecule has 1 heterocycles. The smallest absolute Gasteiger partial charge is 0.181 e. The van der Waals surface area contributed by atoms with Gasteiger partial charge in [-0.25, -0.2) is 4.68 Å². The summed E-state index contributed by atoms with van der Waals surface area (Å²) in [5.74, 6) is 1.34. The lowest BCUT2D eigenvalue weighted by atomic mass is 10.2. The van der Waals surface area contributed by atoms with Crippen LogP contribution >= 0.6 is 0 Å². The highest BCUT2D eigenvalue weighted by molar-refractivity contribution is 5.64. The Morgan fingerprint density at radius 2 is 2.13 bits per heavy atom. The maximum atomic E-state index is 5.73. The van der Waals surface area contributed by atoms with E-state index in [1.807, 2.05) is 6.07 Å². The molecule has 0 aliphatic heterocycles. The predicted octanol–water partition coefficient (Wildman–Crippen LogP) is 0.468. The van der Waals surface area contributed by atoms with Crippen molar-refractivity contribution in [3.63, 3.8) is 0 Å². The topological polar surface area (TPSA) is 78.8 Å². The second-order valence-electron chi connectivity index (χ2n) is 3.12. The van der Waals surface area contributed by atoms with E-state index in [1.165, 1.54) is 0 Å². The Bertz CT molecular complexity index is 479. The van der Waals surface area contributed by atoms with E-state index in [2.05, 4.69) is 15.5 Å². The molecule has 15 heavy (non-hydrogen) atoms. The number of aromatic nitrogens is 4. The van der Waals surface area contributed by atoms with Crippen LogP contribution in [-0.2, 0) is 7.05 Å². The van der Waals surface area contributed by atoms with Crippen molar-refractivity contribution in [2.24, 2.45) is 7.05 Å². The highest BCUT2D eigenvalue weighted by Gasteiger charge is 2.07. The fourth-order valence-corrected chi connectivity index (χ4v) is 1.34. The second kappa shape index (κ2) is 3.56. The van der Waals surface area contributed by atoms with Crippen LogP contribution in [0.1, 0.15) is 0 Å². The zero-order valence-electron chi connectivity index (χ0n) is 8.51. The van der Waals surface area contributed by atoms with Crippen LogP contribution in [0, 0.1) is 0 Å². The van der Waals surface area contributed by atoms with Gasteiger partial charge in [0.25, 0.3) is 0 Å². The first kappa shape index (κ1) is 9.45. The summed E-state index contributed by atoms with van der Waals surface area (Å²) in [5.41, 5.74) is 7.18. The zero-order valence-corrected chi connectivity index (χ0v) is 8.51. The van der Waals surface area contributed by atoms with Crippen LogP contribution in [0.15, 0.2) is 18.2 Å². The van der Waals surface area contributed by atoms with Crippen LogP contribution in [0.5, 0.6) is 5.75 Å². The summed E-state index contributed by atoms with van der Waals surface area (Å²) in [6.07, 6.45) is 0. The van der Waals surface area contributed by atoms with Gasteiger partial charge in [-0.05, 0) is 22.6 Å². The lowest BCUT2D eigenvalue weighted by Gasteiger charge is -2.04. The highest BCUT2D eigenvalue weighted by atomic mass is 16.5. The lowest BCUT2D eigenvalue weighted by Crippen LogP contribution is -1.96. The van der Waals surface area contributed by atoms with E-state index in [9.17, 15) is 0 Å². The minimum Gasteiger partial charge on any atom is -0.497 e. The summed E-state index contributed by atoms with van der Waals surface area (Å²) in [5, 5.41) is 11.2. The number of hydrogen-bond donors (Lipinski definition) is 1. The van der Waals surface area contributed by atoms with Crippen molar-refractivity contribution in [2.75, 3.05) is 12.8 Å². The number of benzene rings is 1. The van der Waals surface area contributed by atoms with Crippen molar-refractivity contribution < 1.29 is 4.74 Å². The molecule has 0 amide bonds. The first-order chi connectivity index (χ1) is 7.20. The third-order valence-electron chi connectivity index (χ3n) is 2.04. The monoisotopic (exact) mass is 205 g/mol. The van der Waals surface area contributed by atoms with Crippen LogP contribution in [-0.4, -0.2) is 27.3 Å². The van der Waals surface area contributed by atoms with Crippen LogP contribution in [0.3, 0.4) is 0 Å². The van der Waals surface area contributed by atoms with Gasteiger partial charge in [0.15, 0.2) is 5.82 Å². The number of methoxy groups -OCH3 is 1. The summed E-state index contributed by atoms with van der Waals surface area (Å²) < 4.78 is 6.69. The van der Waals surface area contributed by atoms with Crippen molar-refractivity contribution in [2.45, 2.75) is 0 Å². The molecule has 0 bridgehead atoms. The number of hydrogen-bond acceptors (Lipinski definition) is 5. The van der Waals surface area contributed by atoms with E-state index in [1.54, 1.807) is 31.0 Å². The molecule has 0 atom stereocenters. The fraction of sp³-hybridized carbons (Fsp3) is 0.222. The molecule has 78 valence electrons. The molecule has 6 nitrogen and oxygen atoms in total. The number of ether oxygens (including phenoxy) is 1. The van der Waals surface area contributed by atoms with Gasteiger partial charge in [0.05, 0.1) is 7.11 Å². The molecular weight excluding hydrogens is 194 g/mol. The van der Waals surface area contributed by atoms with Crippen LogP contribution in [0.4, 0.5) is 5.69 Å². The Morgan fingerprint density at radius 3 is 2.73 bits per heavy atom. The van der Waals surface area contributed by atoms with Gasteiger partial charge >= 0.3 is 0 Å². The van der Waals surface area contributed by atoms with Gasteiger partial charge in [0, 0.05) is 24.4 Å². The van der Waals surface area contributed by atoms with Gasteiger partial charge in [0.1, 0.15) is 5.75 Å². The maximum absolute atomic E-state index is 5.73. The molecule has 0 saturated carbocycles. The quantitative estimate of drug-likeness (QED) is 0.721. The number of nitrogens with two attached hydrogens (primary N) is 1. The van der Waals surface area contributed by atoms with E-state index in [-0.39, 0.29) is 0 Å². The Morgan fingerprint density at radius 1 is 1.33 bits per heavy atom. The maximum Gasteiger partial charge on any atom is 0.181 e. The van der Waals surface area contributed by atoms with Crippen molar-refractivity contribution in [1.82, 2.24) is 20.2 Å². The van der Waals surface area contributed by atoms with Gasteiger partial charge in [0.2, 0.25) is 0 Å². The Hall–Kier alpha value is -2.11. The molecular formula is C9H11N5O. The van der Waals surface area contributed by atoms with Gasteiger partial charge < -0.3 is 10.5 Å². The van der Waals surface area contributed by atoms with E-state index in [0.29, 0.717) is 17.3 Å². The average Bonchev–Trinajstić information content (AvgIpc) is 2.63. The molecule has 0 saturated heterocycles. The first-order valence-electron chi connectivity index (χ1n) is 4.38. The Balaban J connectivity index is 2.53. The molecule has 2 N–H and O–H groups in total. The molecule has 0 unspecified atom stereocenters. The number of aryl methyl sites for hydroxylation is 1. The predicted molar refractivity (Wildman–Crippen MR) is 55.2 cm³/mol. The molecule has 1 aromatic carbocycles. The summed E-state index contributed by atoms with van der Waals surface area (Å²) >= 11 is 0. The van der Waals surface area contributed by atoms with Crippen molar-refractivity contribution in [3.8, 4) is 17.1 Å². The molecule has 1 aromatic heterocycles. The Labute approximate surface area is 86.7 Å². The van der Waals surface area contributed by atoms with Crippen molar-refractivity contribution in [3.05, 3.63) is 18.2 Å². The van der Waals surface area contributed by atoms with Gasteiger partial charge in [-0.15, -0.1) is 5.10 Å². The number of anilines is 1. The summed E-state index contributed by atoms with van der Waals surface area (Å²) in [4.78, 5) is 0. The summed E-state index contributed by atoms with van der Waals surface area (Å²) in [7, 11) is 3.36. The summed E-state index contributed by atoms with van der Waals surface area (Å²) in [6, 6.07) is 5.38. The van der Waals surface area contributed by atoms with Crippen LogP contribution in [0.25, 0.3) is 11.4 Å². The van der Waals surface area contributed by atoms with Gasteiger partial charge in [-0.3, -0.25) is 0 Å². The molecule has 0 radical (unpaired) electrons.